The molecule has 2 aliphatic rings. The number of hydrogen-bond acceptors (Lipinski definition) is 2. The van der Waals surface area contributed by atoms with E-state index in [1.54, 1.807) is 0 Å². The summed E-state index contributed by atoms with van der Waals surface area (Å²) in [5.74, 6) is 2.76. The van der Waals surface area contributed by atoms with Crippen LogP contribution in [0.3, 0.4) is 0 Å². The molecule has 0 aromatic carbocycles. The Bertz CT molecular complexity index is 171. The predicted molar refractivity (Wildman–Crippen MR) is 60.3 cm³/mol. The Balaban J connectivity index is 1.77. The van der Waals surface area contributed by atoms with Crippen molar-refractivity contribution in [1.29, 1.82) is 0 Å². The van der Waals surface area contributed by atoms with Crippen molar-refractivity contribution in [3.8, 4) is 0 Å². The van der Waals surface area contributed by atoms with Gasteiger partial charge in [-0.2, -0.15) is 11.8 Å². The number of rotatable bonds is 3. The maximum Gasteiger partial charge on any atom is 0.0183 e. The molecular formula is C11H21NS. The highest BCUT2D eigenvalue weighted by Crippen LogP contribution is 2.45. The summed E-state index contributed by atoms with van der Waals surface area (Å²) in [4.78, 5) is 2.61. The smallest absolute Gasteiger partial charge is 0.0183 e. The van der Waals surface area contributed by atoms with E-state index in [1.807, 2.05) is 0 Å². The van der Waals surface area contributed by atoms with Crippen molar-refractivity contribution in [2.75, 3.05) is 25.1 Å². The van der Waals surface area contributed by atoms with Crippen LogP contribution in [0.1, 0.15) is 32.6 Å². The van der Waals surface area contributed by atoms with Crippen LogP contribution in [-0.4, -0.2) is 36.0 Å². The van der Waals surface area contributed by atoms with Crippen LogP contribution >= 0.6 is 11.8 Å². The Hall–Kier alpha value is 0.310. The normalized spacial score (nSPS) is 32.1. The van der Waals surface area contributed by atoms with Gasteiger partial charge in [-0.1, -0.05) is 6.92 Å². The van der Waals surface area contributed by atoms with E-state index in [0.29, 0.717) is 5.41 Å². The fraction of sp³-hybridized carbons (Fsp3) is 1.00. The molecule has 1 nitrogen and oxygen atoms in total. The lowest BCUT2D eigenvalue weighted by atomic mass is 10.1. The molecule has 1 atom stereocenters. The van der Waals surface area contributed by atoms with Crippen LogP contribution in [-0.2, 0) is 0 Å². The van der Waals surface area contributed by atoms with Gasteiger partial charge < -0.3 is 4.90 Å². The second kappa shape index (κ2) is 3.82. The van der Waals surface area contributed by atoms with Gasteiger partial charge in [0.25, 0.3) is 0 Å². The standard InChI is InChI=1S/C11H21NS/c1-11(5-6-11)9-12(2)10-4-3-7-13-8-10/h10H,3-9H2,1-2H3. The molecule has 0 aromatic rings. The topological polar surface area (TPSA) is 3.24 Å². The molecule has 1 aliphatic carbocycles. The van der Waals surface area contributed by atoms with E-state index < -0.39 is 0 Å². The summed E-state index contributed by atoms with van der Waals surface area (Å²) in [6.45, 7) is 3.76. The van der Waals surface area contributed by atoms with Crippen molar-refractivity contribution in [3.63, 3.8) is 0 Å². The van der Waals surface area contributed by atoms with E-state index in [2.05, 4.69) is 30.6 Å². The van der Waals surface area contributed by atoms with E-state index in [9.17, 15) is 0 Å². The van der Waals surface area contributed by atoms with Gasteiger partial charge in [-0.05, 0) is 43.9 Å². The quantitative estimate of drug-likeness (QED) is 0.687. The molecule has 2 rings (SSSR count). The van der Waals surface area contributed by atoms with Gasteiger partial charge in [-0.25, -0.2) is 0 Å². The van der Waals surface area contributed by atoms with Gasteiger partial charge in [-0.15, -0.1) is 0 Å². The summed E-state index contributed by atoms with van der Waals surface area (Å²) in [7, 11) is 2.32. The Morgan fingerprint density at radius 1 is 1.46 bits per heavy atom. The Morgan fingerprint density at radius 3 is 2.77 bits per heavy atom. The molecule has 0 bridgehead atoms. The van der Waals surface area contributed by atoms with Crippen LogP contribution in [0.4, 0.5) is 0 Å². The highest BCUT2D eigenvalue weighted by Gasteiger charge is 2.39. The van der Waals surface area contributed by atoms with Gasteiger partial charge in [0.1, 0.15) is 0 Å². The molecule has 2 fully saturated rings. The van der Waals surface area contributed by atoms with E-state index in [-0.39, 0.29) is 0 Å². The second-order valence-corrected chi connectivity index (χ2v) is 6.25. The zero-order valence-electron chi connectivity index (χ0n) is 8.88. The molecule has 0 amide bonds. The van der Waals surface area contributed by atoms with Gasteiger partial charge in [0.2, 0.25) is 0 Å². The Morgan fingerprint density at radius 2 is 2.23 bits per heavy atom. The second-order valence-electron chi connectivity index (χ2n) is 5.10. The first-order chi connectivity index (χ1) is 6.20. The third-order valence-corrected chi connectivity index (χ3v) is 4.69. The summed E-state index contributed by atoms with van der Waals surface area (Å²) in [6, 6.07) is 0.871. The first-order valence-electron chi connectivity index (χ1n) is 5.48. The fourth-order valence-electron chi connectivity index (χ4n) is 2.17. The minimum atomic E-state index is 0.691. The first-order valence-corrected chi connectivity index (χ1v) is 6.63. The predicted octanol–water partition coefficient (Wildman–Crippen LogP) is 2.61. The molecule has 1 saturated carbocycles. The number of thioether (sulfide) groups is 1. The Kier molecular flexibility index (Phi) is 2.89. The molecule has 1 heterocycles. The zero-order chi connectivity index (χ0) is 9.31. The minimum Gasteiger partial charge on any atom is -0.302 e. The molecule has 0 N–H and O–H groups in total. The van der Waals surface area contributed by atoms with Crippen LogP contribution in [0.25, 0.3) is 0 Å². The van der Waals surface area contributed by atoms with Crippen molar-refractivity contribution < 1.29 is 0 Å². The third kappa shape index (κ3) is 2.63. The molecule has 0 aromatic heterocycles. The number of hydrogen-bond donors (Lipinski definition) is 0. The average Bonchev–Trinajstić information content (AvgIpc) is 2.85. The third-order valence-electron chi connectivity index (χ3n) is 3.49. The van der Waals surface area contributed by atoms with Gasteiger partial charge in [0, 0.05) is 18.3 Å². The molecule has 2 heteroatoms. The van der Waals surface area contributed by atoms with Crippen LogP contribution in [0.5, 0.6) is 0 Å². The summed E-state index contributed by atoms with van der Waals surface area (Å²) in [5.41, 5.74) is 0.691. The summed E-state index contributed by atoms with van der Waals surface area (Å²) in [5, 5.41) is 0. The molecule has 0 spiro atoms. The van der Waals surface area contributed by atoms with Crippen LogP contribution in [0.15, 0.2) is 0 Å². The van der Waals surface area contributed by atoms with Gasteiger partial charge in [0.15, 0.2) is 0 Å². The van der Waals surface area contributed by atoms with E-state index in [0.717, 1.165) is 6.04 Å². The summed E-state index contributed by atoms with van der Waals surface area (Å²) >= 11 is 2.14. The molecule has 1 unspecified atom stereocenters. The minimum absolute atomic E-state index is 0.691. The molecule has 1 aliphatic heterocycles. The van der Waals surface area contributed by atoms with Crippen molar-refractivity contribution in [1.82, 2.24) is 4.90 Å². The van der Waals surface area contributed by atoms with Gasteiger partial charge >= 0.3 is 0 Å². The van der Waals surface area contributed by atoms with Gasteiger partial charge in [0.05, 0.1) is 0 Å². The highest BCUT2D eigenvalue weighted by atomic mass is 32.2. The summed E-state index contributed by atoms with van der Waals surface area (Å²) in [6.07, 6.45) is 5.77. The van der Waals surface area contributed by atoms with E-state index in [4.69, 9.17) is 0 Å². The molecule has 76 valence electrons. The zero-order valence-corrected chi connectivity index (χ0v) is 9.70. The van der Waals surface area contributed by atoms with Gasteiger partial charge in [-0.3, -0.25) is 0 Å². The fourth-order valence-corrected chi connectivity index (χ4v) is 3.40. The molecular weight excluding hydrogens is 178 g/mol. The van der Waals surface area contributed by atoms with E-state index in [1.165, 1.54) is 43.7 Å². The summed E-state index contributed by atoms with van der Waals surface area (Å²) < 4.78 is 0. The average molecular weight is 199 g/mol. The lowest BCUT2D eigenvalue weighted by Gasteiger charge is -2.32. The first kappa shape index (κ1) is 9.85. The van der Waals surface area contributed by atoms with Crippen molar-refractivity contribution in [2.45, 2.75) is 38.6 Å². The van der Waals surface area contributed by atoms with Crippen LogP contribution in [0, 0.1) is 5.41 Å². The lowest BCUT2D eigenvalue weighted by Crippen LogP contribution is -2.38. The molecule has 13 heavy (non-hydrogen) atoms. The van der Waals surface area contributed by atoms with Crippen LogP contribution < -0.4 is 0 Å². The largest absolute Gasteiger partial charge is 0.302 e. The van der Waals surface area contributed by atoms with Crippen molar-refractivity contribution >= 4 is 11.8 Å². The maximum atomic E-state index is 2.61. The number of nitrogens with zero attached hydrogens (tertiary/aromatic N) is 1. The Labute approximate surface area is 86.3 Å². The monoisotopic (exact) mass is 199 g/mol. The highest BCUT2D eigenvalue weighted by molar-refractivity contribution is 7.99. The van der Waals surface area contributed by atoms with E-state index >= 15 is 0 Å². The van der Waals surface area contributed by atoms with Crippen molar-refractivity contribution in [3.05, 3.63) is 0 Å². The van der Waals surface area contributed by atoms with Crippen molar-refractivity contribution in [2.24, 2.45) is 5.41 Å². The lowest BCUT2D eigenvalue weighted by molar-refractivity contribution is 0.207. The maximum absolute atomic E-state index is 2.61. The van der Waals surface area contributed by atoms with Crippen LogP contribution in [0.2, 0.25) is 0 Å². The molecule has 0 radical (unpaired) electrons. The molecule has 1 saturated heterocycles. The SMILES string of the molecule is CN(CC1(C)CC1)C1CCCSC1.